The van der Waals surface area contributed by atoms with Crippen molar-refractivity contribution >= 4 is 23.6 Å². The van der Waals surface area contributed by atoms with Crippen LogP contribution in [0.5, 0.6) is 0 Å². The molecule has 5 heteroatoms. The Morgan fingerprint density at radius 3 is 2.42 bits per heavy atom. The molecule has 1 aliphatic heterocycles. The van der Waals surface area contributed by atoms with Crippen molar-refractivity contribution in [3.63, 3.8) is 0 Å². The summed E-state index contributed by atoms with van der Waals surface area (Å²) in [5.41, 5.74) is 1.52. The van der Waals surface area contributed by atoms with Gasteiger partial charge in [0.05, 0.1) is 5.37 Å². The lowest BCUT2D eigenvalue weighted by Crippen LogP contribution is -2.53. The van der Waals surface area contributed by atoms with Gasteiger partial charge in [0.1, 0.15) is 6.04 Å². The van der Waals surface area contributed by atoms with Crippen LogP contribution in [0.1, 0.15) is 50.5 Å². The lowest BCUT2D eigenvalue weighted by molar-refractivity contribution is -0.125. The highest BCUT2D eigenvalue weighted by Gasteiger charge is 2.46. The first-order valence-electron chi connectivity index (χ1n) is 8.43. The number of aryl methyl sites for hydroxylation is 1. The van der Waals surface area contributed by atoms with Gasteiger partial charge in [-0.25, -0.2) is 0 Å². The Kier molecular flexibility index (Phi) is 5.63. The minimum atomic E-state index is -0.422. The SMILES string of the molecule is Cc1ccccc1C(=O)N1C(C(=O)NC(C)C)CSC1C(C)(C)C. The smallest absolute Gasteiger partial charge is 0.255 e. The number of nitrogens with zero attached hydrogens (tertiary/aromatic N) is 1. The van der Waals surface area contributed by atoms with Gasteiger partial charge in [-0.05, 0) is 37.8 Å². The molecule has 2 amide bonds. The van der Waals surface area contributed by atoms with E-state index in [1.54, 1.807) is 16.7 Å². The van der Waals surface area contributed by atoms with Crippen LogP contribution in [0.15, 0.2) is 24.3 Å². The van der Waals surface area contributed by atoms with Crippen molar-refractivity contribution in [2.45, 2.75) is 59.0 Å². The van der Waals surface area contributed by atoms with Gasteiger partial charge in [-0.15, -0.1) is 11.8 Å². The topological polar surface area (TPSA) is 49.4 Å². The fraction of sp³-hybridized carbons (Fsp3) is 0.579. The van der Waals surface area contributed by atoms with Crippen molar-refractivity contribution in [2.75, 3.05) is 5.75 Å². The van der Waals surface area contributed by atoms with Crippen LogP contribution < -0.4 is 5.32 Å². The van der Waals surface area contributed by atoms with Gasteiger partial charge in [-0.1, -0.05) is 39.0 Å². The third kappa shape index (κ3) is 3.94. The van der Waals surface area contributed by atoms with E-state index in [4.69, 9.17) is 0 Å². The van der Waals surface area contributed by atoms with Crippen LogP contribution in [-0.2, 0) is 4.79 Å². The van der Waals surface area contributed by atoms with Crippen LogP contribution in [0, 0.1) is 12.3 Å². The molecule has 1 aromatic rings. The summed E-state index contributed by atoms with van der Waals surface area (Å²) in [7, 11) is 0. The summed E-state index contributed by atoms with van der Waals surface area (Å²) in [5.74, 6) is 0.520. The first-order valence-corrected chi connectivity index (χ1v) is 9.48. The van der Waals surface area contributed by atoms with Gasteiger partial charge >= 0.3 is 0 Å². The number of hydrogen-bond donors (Lipinski definition) is 1. The Morgan fingerprint density at radius 1 is 1.25 bits per heavy atom. The maximum Gasteiger partial charge on any atom is 0.255 e. The van der Waals surface area contributed by atoms with Crippen LogP contribution in [0.2, 0.25) is 0 Å². The third-order valence-electron chi connectivity index (χ3n) is 4.08. The molecule has 132 valence electrons. The van der Waals surface area contributed by atoms with Gasteiger partial charge in [-0.3, -0.25) is 9.59 Å². The van der Waals surface area contributed by atoms with Crippen molar-refractivity contribution < 1.29 is 9.59 Å². The average Bonchev–Trinajstić information content (AvgIpc) is 2.91. The maximum atomic E-state index is 13.3. The molecule has 0 radical (unpaired) electrons. The van der Waals surface area contributed by atoms with Crippen molar-refractivity contribution in [1.82, 2.24) is 10.2 Å². The van der Waals surface area contributed by atoms with Crippen molar-refractivity contribution in [3.05, 3.63) is 35.4 Å². The first kappa shape index (κ1) is 18.8. The Balaban J connectivity index is 2.38. The predicted molar refractivity (Wildman–Crippen MR) is 100 cm³/mol. The van der Waals surface area contributed by atoms with Gasteiger partial charge < -0.3 is 10.2 Å². The van der Waals surface area contributed by atoms with Crippen LogP contribution in [0.3, 0.4) is 0 Å². The molecule has 2 rings (SSSR count). The normalized spacial score (nSPS) is 21.2. The Hall–Kier alpha value is -1.49. The highest BCUT2D eigenvalue weighted by Crippen LogP contribution is 2.41. The average molecular weight is 349 g/mol. The second kappa shape index (κ2) is 7.18. The quantitative estimate of drug-likeness (QED) is 0.910. The number of benzene rings is 1. The zero-order valence-corrected chi connectivity index (χ0v) is 16.2. The van der Waals surface area contributed by atoms with Gasteiger partial charge in [0.2, 0.25) is 5.91 Å². The van der Waals surface area contributed by atoms with Gasteiger partial charge in [0, 0.05) is 17.4 Å². The number of carbonyl (C=O) groups is 2. The second-order valence-electron chi connectivity index (χ2n) is 7.76. The Morgan fingerprint density at radius 2 is 1.88 bits per heavy atom. The zero-order chi connectivity index (χ0) is 18.1. The molecule has 24 heavy (non-hydrogen) atoms. The fourth-order valence-corrected chi connectivity index (χ4v) is 4.54. The minimum Gasteiger partial charge on any atom is -0.352 e. The molecule has 0 saturated carbocycles. The lowest BCUT2D eigenvalue weighted by atomic mass is 9.94. The van der Waals surface area contributed by atoms with Crippen molar-refractivity contribution in [3.8, 4) is 0 Å². The van der Waals surface area contributed by atoms with E-state index in [0.717, 1.165) is 5.56 Å². The summed E-state index contributed by atoms with van der Waals surface area (Å²) >= 11 is 1.69. The first-order chi connectivity index (χ1) is 11.1. The number of rotatable bonds is 3. The maximum absolute atomic E-state index is 13.3. The molecule has 1 saturated heterocycles. The molecule has 0 aromatic heterocycles. The van der Waals surface area contributed by atoms with Crippen LogP contribution >= 0.6 is 11.8 Å². The fourth-order valence-electron chi connectivity index (χ4n) is 2.96. The van der Waals surface area contributed by atoms with E-state index in [-0.39, 0.29) is 28.6 Å². The van der Waals surface area contributed by atoms with Crippen LogP contribution in [0.4, 0.5) is 0 Å². The van der Waals surface area contributed by atoms with Crippen molar-refractivity contribution in [2.24, 2.45) is 5.41 Å². The third-order valence-corrected chi connectivity index (χ3v) is 5.84. The van der Waals surface area contributed by atoms with Crippen LogP contribution in [0.25, 0.3) is 0 Å². The van der Waals surface area contributed by atoms with E-state index in [1.165, 1.54) is 0 Å². The van der Waals surface area contributed by atoms with E-state index < -0.39 is 6.04 Å². The van der Waals surface area contributed by atoms with Gasteiger partial charge in [0.15, 0.2) is 0 Å². The number of nitrogens with one attached hydrogen (secondary N) is 1. The lowest BCUT2D eigenvalue weighted by Gasteiger charge is -2.37. The number of amides is 2. The molecule has 1 aliphatic rings. The zero-order valence-electron chi connectivity index (χ0n) is 15.4. The number of thioether (sulfide) groups is 1. The second-order valence-corrected chi connectivity index (χ2v) is 8.87. The van der Waals surface area contributed by atoms with Gasteiger partial charge in [0.25, 0.3) is 5.91 Å². The van der Waals surface area contributed by atoms with E-state index >= 15 is 0 Å². The standard InChI is InChI=1S/C19H28N2O2S/c1-12(2)20-16(22)15-11-24-18(19(4,5)6)21(15)17(23)14-10-8-7-9-13(14)3/h7-10,12,15,18H,11H2,1-6H3,(H,20,22). The molecule has 1 heterocycles. The number of carbonyl (C=O) groups excluding carboxylic acids is 2. The van der Waals surface area contributed by atoms with E-state index in [9.17, 15) is 9.59 Å². The Bertz CT molecular complexity index is 622. The summed E-state index contributed by atoms with van der Waals surface area (Å²) in [6.07, 6.45) is 0. The summed E-state index contributed by atoms with van der Waals surface area (Å²) < 4.78 is 0. The van der Waals surface area contributed by atoms with Crippen molar-refractivity contribution in [1.29, 1.82) is 0 Å². The molecular formula is C19H28N2O2S. The van der Waals surface area contributed by atoms with E-state index in [2.05, 4.69) is 26.1 Å². The molecule has 2 unspecified atom stereocenters. The molecule has 0 spiro atoms. The molecule has 0 aliphatic carbocycles. The van der Waals surface area contributed by atoms with Gasteiger partial charge in [-0.2, -0.15) is 0 Å². The molecule has 1 N–H and O–H groups in total. The largest absolute Gasteiger partial charge is 0.352 e. The summed E-state index contributed by atoms with van der Waals surface area (Å²) in [5, 5.41) is 2.94. The highest BCUT2D eigenvalue weighted by atomic mass is 32.2. The minimum absolute atomic E-state index is 0.0208. The molecule has 0 bridgehead atoms. The Labute approximate surface area is 149 Å². The van der Waals surface area contributed by atoms with Crippen LogP contribution in [-0.4, -0.2) is 39.9 Å². The summed E-state index contributed by atoms with van der Waals surface area (Å²) in [4.78, 5) is 27.7. The summed E-state index contributed by atoms with van der Waals surface area (Å²) in [6.45, 7) is 12.2. The molecular weight excluding hydrogens is 320 g/mol. The summed E-state index contributed by atoms with van der Waals surface area (Å²) in [6, 6.07) is 7.22. The molecule has 1 aromatic carbocycles. The monoisotopic (exact) mass is 348 g/mol. The molecule has 2 atom stereocenters. The van der Waals surface area contributed by atoms with E-state index in [1.807, 2.05) is 45.0 Å². The highest BCUT2D eigenvalue weighted by molar-refractivity contribution is 8.00. The van der Waals surface area contributed by atoms with E-state index in [0.29, 0.717) is 11.3 Å². The predicted octanol–water partition coefficient (Wildman–Crippen LogP) is 3.45. The molecule has 4 nitrogen and oxygen atoms in total. The molecule has 1 fully saturated rings. The number of hydrogen-bond acceptors (Lipinski definition) is 3.